The van der Waals surface area contributed by atoms with Gasteiger partial charge in [0.2, 0.25) is 11.8 Å². The first-order valence-corrected chi connectivity index (χ1v) is 8.68. The lowest BCUT2D eigenvalue weighted by atomic mass is 9.76. The fourth-order valence-electron chi connectivity index (χ4n) is 4.14. The molecule has 1 saturated heterocycles. The minimum Gasteiger partial charge on any atom is -0.282 e. The average molecular weight is 328 g/mol. The Morgan fingerprint density at radius 2 is 1.63 bits per heavy atom. The smallest absolute Gasteiger partial charge is 0.232 e. The van der Waals surface area contributed by atoms with Gasteiger partial charge in [0.1, 0.15) is 0 Å². The summed E-state index contributed by atoms with van der Waals surface area (Å²) in [6.45, 7) is 0.656. The van der Waals surface area contributed by atoms with Crippen molar-refractivity contribution in [2.24, 2.45) is 17.3 Å². The minimum absolute atomic E-state index is 0.119. The molecule has 3 nitrogen and oxygen atoms in total. The Labute approximate surface area is 123 Å². The highest BCUT2D eigenvalue weighted by Crippen LogP contribution is 2.43. The number of nitrogens with zero attached hydrogens (tertiary/aromatic N) is 1. The third-order valence-corrected chi connectivity index (χ3v) is 6.54. The molecule has 0 aromatic heterocycles. The number of piperidine rings is 1. The van der Waals surface area contributed by atoms with E-state index in [1.807, 2.05) is 0 Å². The van der Waals surface area contributed by atoms with Crippen LogP contribution in [0.5, 0.6) is 0 Å². The van der Waals surface area contributed by atoms with Gasteiger partial charge in [0.25, 0.3) is 0 Å². The lowest BCUT2D eigenvalue weighted by molar-refractivity contribution is -0.159. The molecule has 2 bridgehead atoms. The maximum atomic E-state index is 12.5. The van der Waals surface area contributed by atoms with Crippen molar-refractivity contribution in [1.29, 1.82) is 0 Å². The number of fused-ring (bicyclic) bond motifs is 2. The summed E-state index contributed by atoms with van der Waals surface area (Å²) in [4.78, 5) is 26.6. The number of carbonyl (C=O) groups is 2. The topological polar surface area (TPSA) is 37.4 Å². The van der Waals surface area contributed by atoms with Gasteiger partial charge in [0, 0.05) is 23.7 Å². The molecule has 0 aromatic rings. The molecular formula is C15H22BrNO2. The molecule has 2 atom stereocenters. The minimum atomic E-state index is 0.119. The number of hydrogen-bond donors (Lipinski definition) is 0. The zero-order valence-electron chi connectivity index (χ0n) is 11.4. The lowest BCUT2D eigenvalue weighted by Gasteiger charge is -2.42. The number of rotatable bonds is 3. The van der Waals surface area contributed by atoms with Gasteiger partial charge in [0.05, 0.1) is 0 Å². The van der Waals surface area contributed by atoms with Crippen molar-refractivity contribution in [3.05, 3.63) is 0 Å². The second-order valence-corrected chi connectivity index (χ2v) is 7.22. The predicted octanol–water partition coefficient (Wildman–Crippen LogP) is 3.12. The summed E-state index contributed by atoms with van der Waals surface area (Å²) < 4.78 is 0. The first kappa shape index (κ1) is 13.6. The van der Waals surface area contributed by atoms with Crippen LogP contribution in [0.25, 0.3) is 0 Å². The number of amides is 2. The van der Waals surface area contributed by atoms with Gasteiger partial charge in [-0.2, -0.15) is 0 Å². The van der Waals surface area contributed by atoms with Gasteiger partial charge in [0.15, 0.2) is 0 Å². The Bertz CT molecular complexity index is 368. The maximum Gasteiger partial charge on any atom is 0.232 e. The molecule has 1 aliphatic heterocycles. The number of halogens is 1. The van der Waals surface area contributed by atoms with Gasteiger partial charge in [-0.3, -0.25) is 14.5 Å². The summed E-state index contributed by atoms with van der Waals surface area (Å²) in [7, 11) is 0. The molecule has 2 aliphatic carbocycles. The van der Waals surface area contributed by atoms with Crippen molar-refractivity contribution in [3.8, 4) is 0 Å². The third kappa shape index (κ3) is 2.37. The van der Waals surface area contributed by atoms with Crippen molar-refractivity contribution in [2.45, 2.75) is 51.4 Å². The van der Waals surface area contributed by atoms with Crippen LogP contribution in [0.2, 0.25) is 0 Å². The quantitative estimate of drug-likeness (QED) is 0.590. The summed E-state index contributed by atoms with van der Waals surface area (Å²) in [5.41, 5.74) is 0.150. The zero-order valence-corrected chi connectivity index (χ0v) is 13.0. The number of hydrogen-bond acceptors (Lipinski definition) is 2. The standard InChI is InChI=1S/C15H22BrNO2/c16-9-15(6-1-2-7-15)10-17-13(18)11-4-3-5-12(8-11)14(17)19/h11-12H,1-10H2. The number of alkyl halides is 1. The molecule has 3 aliphatic rings. The zero-order chi connectivity index (χ0) is 13.5. The highest BCUT2D eigenvalue weighted by Gasteiger charge is 2.46. The number of likely N-dealkylation sites (tertiary alicyclic amines) is 1. The first-order valence-electron chi connectivity index (χ1n) is 7.56. The van der Waals surface area contributed by atoms with Crippen LogP contribution < -0.4 is 0 Å². The van der Waals surface area contributed by atoms with Crippen LogP contribution in [-0.2, 0) is 9.59 Å². The molecule has 0 aromatic carbocycles. The highest BCUT2D eigenvalue weighted by atomic mass is 79.9. The molecule has 4 heteroatoms. The predicted molar refractivity (Wildman–Crippen MR) is 76.9 cm³/mol. The van der Waals surface area contributed by atoms with Crippen molar-refractivity contribution >= 4 is 27.7 Å². The van der Waals surface area contributed by atoms with Crippen LogP contribution in [0.3, 0.4) is 0 Å². The van der Waals surface area contributed by atoms with Crippen LogP contribution in [0.1, 0.15) is 51.4 Å². The van der Waals surface area contributed by atoms with E-state index in [0.717, 1.165) is 43.9 Å². The Morgan fingerprint density at radius 1 is 1.05 bits per heavy atom. The van der Waals surface area contributed by atoms with Crippen LogP contribution in [0.4, 0.5) is 0 Å². The first-order chi connectivity index (χ1) is 9.15. The van der Waals surface area contributed by atoms with E-state index in [1.165, 1.54) is 12.8 Å². The second-order valence-electron chi connectivity index (χ2n) is 6.66. The van der Waals surface area contributed by atoms with Crippen molar-refractivity contribution < 1.29 is 9.59 Å². The van der Waals surface area contributed by atoms with Gasteiger partial charge in [-0.1, -0.05) is 35.2 Å². The largest absolute Gasteiger partial charge is 0.282 e. The van der Waals surface area contributed by atoms with Crippen molar-refractivity contribution in [3.63, 3.8) is 0 Å². The summed E-state index contributed by atoms with van der Waals surface area (Å²) >= 11 is 3.61. The summed E-state index contributed by atoms with van der Waals surface area (Å²) in [6, 6.07) is 0. The molecule has 1 heterocycles. The van der Waals surface area contributed by atoms with Gasteiger partial charge < -0.3 is 0 Å². The Kier molecular flexibility index (Phi) is 3.71. The second kappa shape index (κ2) is 5.19. The molecule has 106 valence electrons. The van der Waals surface area contributed by atoms with Crippen LogP contribution in [-0.4, -0.2) is 28.6 Å². The fraction of sp³-hybridized carbons (Fsp3) is 0.867. The van der Waals surface area contributed by atoms with E-state index < -0.39 is 0 Å². The van der Waals surface area contributed by atoms with E-state index in [-0.39, 0.29) is 29.1 Å². The third-order valence-electron chi connectivity index (χ3n) is 5.35. The molecule has 0 N–H and O–H groups in total. The van der Waals surface area contributed by atoms with E-state index in [1.54, 1.807) is 4.90 Å². The van der Waals surface area contributed by atoms with E-state index in [0.29, 0.717) is 6.54 Å². The Hall–Kier alpha value is -0.380. The maximum absolute atomic E-state index is 12.5. The molecule has 0 spiro atoms. The average Bonchev–Trinajstić information content (AvgIpc) is 2.91. The molecule has 3 rings (SSSR count). The number of imide groups is 1. The number of carbonyl (C=O) groups excluding carboxylic acids is 2. The van der Waals surface area contributed by atoms with E-state index in [2.05, 4.69) is 15.9 Å². The van der Waals surface area contributed by atoms with Gasteiger partial charge in [-0.25, -0.2) is 0 Å². The Morgan fingerprint density at radius 3 is 2.16 bits per heavy atom. The molecule has 2 unspecified atom stereocenters. The normalized spacial score (nSPS) is 33.8. The molecule has 2 saturated carbocycles. The molecule has 3 fully saturated rings. The van der Waals surface area contributed by atoms with E-state index in [4.69, 9.17) is 0 Å². The van der Waals surface area contributed by atoms with Crippen molar-refractivity contribution in [1.82, 2.24) is 4.90 Å². The van der Waals surface area contributed by atoms with E-state index >= 15 is 0 Å². The summed E-state index contributed by atoms with van der Waals surface area (Å²) in [5.74, 6) is 0.497. The molecular weight excluding hydrogens is 306 g/mol. The summed E-state index contributed by atoms with van der Waals surface area (Å²) in [5, 5.41) is 0.909. The van der Waals surface area contributed by atoms with Crippen LogP contribution in [0, 0.1) is 17.3 Å². The molecule has 0 radical (unpaired) electrons. The van der Waals surface area contributed by atoms with Crippen LogP contribution in [0.15, 0.2) is 0 Å². The fourth-order valence-corrected chi connectivity index (χ4v) is 4.88. The van der Waals surface area contributed by atoms with Gasteiger partial charge in [-0.15, -0.1) is 0 Å². The van der Waals surface area contributed by atoms with Gasteiger partial charge >= 0.3 is 0 Å². The summed E-state index contributed by atoms with van der Waals surface area (Å²) in [6.07, 6.45) is 8.58. The SMILES string of the molecule is O=C1C2CCCC(C2)C(=O)N1CC1(CBr)CCCC1. The highest BCUT2D eigenvalue weighted by molar-refractivity contribution is 9.09. The van der Waals surface area contributed by atoms with Gasteiger partial charge in [-0.05, 0) is 37.5 Å². The lowest BCUT2D eigenvalue weighted by Crippen LogP contribution is -2.54. The molecule has 19 heavy (non-hydrogen) atoms. The monoisotopic (exact) mass is 327 g/mol. The van der Waals surface area contributed by atoms with Crippen molar-refractivity contribution in [2.75, 3.05) is 11.9 Å². The molecule has 2 amide bonds. The van der Waals surface area contributed by atoms with Crippen LogP contribution >= 0.6 is 15.9 Å². The Balaban J connectivity index is 1.79. The van der Waals surface area contributed by atoms with E-state index in [9.17, 15) is 9.59 Å².